The van der Waals surface area contributed by atoms with Gasteiger partial charge in [-0.1, -0.05) is 24.8 Å². The third-order valence-corrected chi connectivity index (χ3v) is 1.67. The van der Waals surface area contributed by atoms with Crippen LogP contribution in [0.1, 0.15) is 5.56 Å². The topological polar surface area (TPSA) is 13.1 Å². The van der Waals surface area contributed by atoms with Crippen molar-refractivity contribution in [1.82, 2.24) is 0 Å². The van der Waals surface area contributed by atoms with Crippen molar-refractivity contribution in [1.29, 1.82) is 0 Å². The number of rotatable bonds is 1. The summed E-state index contributed by atoms with van der Waals surface area (Å²) < 4.78 is 4.91. The average Bonchev–Trinajstić information content (AvgIpc) is 2.50. The minimum Gasteiger partial charge on any atom is -0.460 e. The smallest absolute Gasteiger partial charge is 0.177 e. The number of furan rings is 1. The Bertz CT molecular complexity index is 384. The number of hydrogen-bond donors (Lipinski definition) is 0. The summed E-state index contributed by atoms with van der Waals surface area (Å²) in [5.74, 6) is 0. The Hall–Kier alpha value is -1.50. The highest BCUT2D eigenvalue weighted by atomic mass is 16.3. The molecule has 0 fully saturated rings. The zero-order valence-corrected chi connectivity index (χ0v) is 6.00. The maximum Gasteiger partial charge on any atom is 0.177 e. The minimum atomic E-state index is 1.00. The predicted molar refractivity (Wildman–Crippen MR) is 45.1 cm³/mol. The minimum absolute atomic E-state index is 1.00. The van der Waals surface area contributed by atoms with E-state index in [9.17, 15) is 0 Å². The molecule has 2 aromatic rings. The van der Waals surface area contributed by atoms with Crippen molar-refractivity contribution < 1.29 is 4.42 Å². The van der Waals surface area contributed by atoms with Gasteiger partial charge in [0.2, 0.25) is 0 Å². The first-order valence-corrected chi connectivity index (χ1v) is 3.41. The first-order valence-electron chi connectivity index (χ1n) is 3.41. The standard InChI is InChI=1S/C10H7O/c1-2-8-3-4-9-6-11-7-10(9)5-8/h2-6H,1H2. The van der Waals surface area contributed by atoms with Crippen molar-refractivity contribution >= 4 is 16.8 Å². The third kappa shape index (κ3) is 0.944. The lowest BCUT2D eigenvalue weighted by molar-refractivity contribution is 0.563. The fourth-order valence-corrected chi connectivity index (χ4v) is 1.05. The number of fused-ring (bicyclic) bond motifs is 1. The first kappa shape index (κ1) is 6.23. The van der Waals surface area contributed by atoms with Gasteiger partial charge in [0.25, 0.3) is 0 Å². The van der Waals surface area contributed by atoms with E-state index in [2.05, 4.69) is 12.8 Å². The van der Waals surface area contributed by atoms with Crippen LogP contribution in [-0.2, 0) is 0 Å². The van der Waals surface area contributed by atoms with E-state index < -0.39 is 0 Å². The Kier molecular flexibility index (Phi) is 1.29. The average molecular weight is 143 g/mol. The van der Waals surface area contributed by atoms with Crippen molar-refractivity contribution in [2.75, 3.05) is 0 Å². The summed E-state index contributed by atoms with van der Waals surface area (Å²) in [5.41, 5.74) is 1.09. The summed E-state index contributed by atoms with van der Waals surface area (Å²) in [6.07, 6.45) is 6.26. The van der Waals surface area contributed by atoms with Gasteiger partial charge in [0.15, 0.2) is 6.26 Å². The Morgan fingerprint density at radius 1 is 1.45 bits per heavy atom. The quantitative estimate of drug-likeness (QED) is 0.598. The van der Waals surface area contributed by atoms with E-state index in [0.29, 0.717) is 0 Å². The molecule has 1 heterocycles. The van der Waals surface area contributed by atoms with Crippen LogP contribution in [-0.4, -0.2) is 0 Å². The van der Waals surface area contributed by atoms with Crippen molar-refractivity contribution in [3.63, 3.8) is 0 Å². The normalized spacial score (nSPS) is 10.2. The van der Waals surface area contributed by atoms with Crippen LogP contribution in [0, 0.1) is 6.26 Å². The second kappa shape index (κ2) is 2.27. The Morgan fingerprint density at radius 2 is 2.36 bits per heavy atom. The summed E-state index contributed by atoms with van der Waals surface area (Å²) in [6.45, 7) is 3.68. The molecule has 0 bridgehead atoms. The van der Waals surface area contributed by atoms with Crippen molar-refractivity contribution in [3.05, 3.63) is 42.9 Å². The molecule has 0 spiro atoms. The molecule has 0 unspecified atom stereocenters. The lowest BCUT2D eigenvalue weighted by Gasteiger charge is -1.90. The number of hydrogen-bond acceptors (Lipinski definition) is 1. The van der Waals surface area contributed by atoms with Crippen LogP contribution >= 0.6 is 0 Å². The molecule has 0 amide bonds. The number of benzene rings is 1. The highest BCUT2D eigenvalue weighted by Gasteiger charge is 1.95. The molecule has 1 aromatic heterocycles. The zero-order chi connectivity index (χ0) is 7.68. The van der Waals surface area contributed by atoms with E-state index in [1.807, 2.05) is 18.2 Å². The third-order valence-electron chi connectivity index (χ3n) is 1.67. The Balaban J connectivity index is 2.76. The van der Waals surface area contributed by atoms with Crippen molar-refractivity contribution in [2.24, 2.45) is 0 Å². The van der Waals surface area contributed by atoms with Gasteiger partial charge in [-0.15, -0.1) is 0 Å². The van der Waals surface area contributed by atoms with E-state index in [0.717, 1.165) is 16.3 Å². The summed E-state index contributed by atoms with van der Waals surface area (Å²) in [6, 6.07) is 5.98. The predicted octanol–water partition coefficient (Wildman–Crippen LogP) is 2.88. The van der Waals surface area contributed by atoms with E-state index in [1.54, 1.807) is 12.3 Å². The molecule has 0 aliphatic rings. The van der Waals surface area contributed by atoms with E-state index in [1.165, 1.54) is 0 Å². The zero-order valence-electron chi connectivity index (χ0n) is 6.00. The lowest BCUT2D eigenvalue weighted by atomic mass is 10.1. The van der Waals surface area contributed by atoms with Crippen LogP contribution in [0.15, 0.2) is 35.5 Å². The summed E-state index contributed by atoms with van der Waals surface area (Å²) in [5, 5.41) is 2.08. The van der Waals surface area contributed by atoms with Gasteiger partial charge in [-0.05, 0) is 11.6 Å². The Labute approximate surface area is 64.9 Å². The van der Waals surface area contributed by atoms with E-state index >= 15 is 0 Å². The molecule has 0 aliphatic carbocycles. The molecule has 1 radical (unpaired) electrons. The van der Waals surface area contributed by atoms with Gasteiger partial charge < -0.3 is 4.42 Å². The molecular weight excluding hydrogens is 136 g/mol. The molecule has 1 aromatic carbocycles. The van der Waals surface area contributed by atoms with E-state index in [-0.39, 0.29) is 0 Å². The lowest BCUT2D eigenvalue weighted by Crippen LogP contribution is -1.68. The Morgan fingerprint density at radius 3 is 3.18 bits per heavy atom. The van der Waals surface area contributed by atoms with Crippen LogP contribution in [0.2, 0.25) is 0 Å². The summed E-state index contributed by atoms with van der Waals surface area (Å²) in [7, 11) is 0. The molecular formula is C10H7O. The van der Waals surface area contributed by atoms with Crippen LogP contribution in [0.4, 0.5) is 0 Å². The highest BCUT2D eigenvalue weighted by molar-refractivity contribution is 5.82. The fourth-order valence-electron chi connectivity index (χ4n) is 1.05. The van der Waals surface area contributed by atoms with Crippen LogP contribution in [0.25, 0.3) is 16.8 Å². The SMILES string of the molecule is C=Cc1ccc2co[c]c2c1. The second-order valence-corrected chi connectivity index (χ2v) is 2.39. The fraction of sp³-hybridized carbons (Fsp3) is 0. The van der Waals surface area contributed by atoms with Gasteiger partial charge >= 0.3 is 0 Å². The molecule has 2 rings (SSSR count). The van der Waals surface area contributed by atoms with Crippen LogP contribution in [0.5, 0.6) is 0 Å². The monoisotopic (exact) mass is 143 g/mol. The van der Waals surface area contributed by atoms with Gasteiger partial charge in [0.05, 0.1) is 6.26 Å². The molecule has 0 atom stereocenters. The van der Waals surface area contributed by atoms with Gasteiger partial charge in [-0.25, -0.2) is 0 Å². The molecule has 0 N–H and O–H groups in total. The van der Waals surface area contributed by atoms with Crippen molar-refractivity contribution in [2.45, 2.75) is 0 Å². The van der Waals surface area contributed by atoms with Crippen LogP contribution < -0.4 is 0 Å². The highest BCUT2D eigenvalue weighted by Crippen LogP contribution is 2.16. The van der Waals surface area contributed by atoms with Gasteiger partial charge in [-0.2, -0.15) is 0 Å². The largest absolute Gasteiger partial charge is 0.460 e. The second-order valence-electron chi connectivity index (χ2n) is 2.39. The maximum atomic E-state index is 4.91. The first-order chi connectivity index (χ1) is 5.40. The van der Waals surface area contributed by atoms with Gasteiger partial charge in [-0.3, -0.25) is 0 Å². The molecule has 1 heteroatoms. The van der Waals surface area contributed by atoms with Crippen molar-refractivity contribution in [3.8, 4) is 0 Å². The molecule has 0 saturated carbocycles. The summed E-state index contributed by atoms with van der Waals surface area (Å²) in [4.78, 5) is 0. The van der Waals surface area contributed by atoms with Crippen LogP contribution in [0.3, 0.4) is 0 Å². The molecule has 53 valence electrons. The van der Waals surface area contributed by atoms with Gasteiger partial charge in [0.1, 0.15) is 0 Å². The summed E-state index contributed by atoms with van der Waals surface area (Å²) >= 11 is 0. The molecule has 11 heavy (non-hydrogen) atoms. The molecule has 0 aliphatic heterocycles. The maximum absolute atomic E-state index is 4.91. The van der Waals surface area contributed by atoms with E-state index in [4.69, 9.17) is 4.42 Å². The van der Waals surface area contributed by atoms with Gasteiger partial charge in [0, 0.05) is 10.8 Å². The molecule has 0 saturated heterocycles. The molecule has 1 nitrogen and oxygen atoms in total.